The SMILES string of the molecule is Cc1noc(C)c1-c1cc(C(N)=O)c2[nH]c3cc(CC4CC4)c(CC4CC4)cc3c2c1. The summed E-state index contributed by atoms with van der Waals surface area (Å²) in [6, 6.07) is 8.70. The van der Waals surface area contributed by atoms with Crippen LogP contribution in [-0.2, 0) is 12.8 Å². The van der Waals surface area contributed by atoms with Crippen LogP contribution in [0.3, 0.4) is 0 Å². The van der Waals surface area contributed by atoms with Crippen molar-refractivity contribution < 1.29 is 9.32 Å². The van der Waals surface area contributed by atoms with Crippen molar-refractivity contribution in [3.8, 4) is 11.1 Å². The van der Waals surface area contributed by atoms with Crippen molar-refractivity contribution in [3.05, 3.63) is 52.4 Å². The molecule has 1 amide bonds. The summed E-state index contributed by atoms with van der Waals surface area (Å²) >= 11 is 0. The molecule has 2 heterocycles. The number of carbonyl (C=O) groups is 1. The zero-order chi connectivity index (χ0) is 21.3. The first-order valence-electron chi connectivity index (χ1n) is 11.3. The van der Waals surface area contributed by atoms with Gasteiger partial charge in [0.25, 0.3) is 5.91 Å². The zero-order valence-corrected chi connectivity index (χ0v) is 18.0. The number of aromatic amines is 1. The summed E-state index contributed by atoms with van der Waals surface area (Å²) in [5.74, 6) is 1.99. The number of nitrogens with two attached hydrogens (primary N) is 1. The molecule has 0 radical (unpaired) electrons. The summed E-state index contributed by atoms with van der Waals surface area (Å²) in [6.45, 7) is 3.82. The van der Waals surface area contributed by atoms with E-state index in [1.54, 1.807) is 0 Å². The highest BCUT2D eigenvalue weighted by molar-refractivity contribution is 6.16. The molecule has 3 N–H and O–H groups in total. The van der Waals surface area contributed by atoms with Crippen LogP contribution in [0.1, 0.15) is 58.6 Å². The molecule has 0 unspecified atom stereocenters. The number of amides is 1. The number of primary amides is 1. The van der Waals surface area contributed by atoms with Gasteiger partial charge in [-0.2, -0.15) is 0 Å². The standard InChI is InChI=1S/C26H27N3O2/c1-13-24(14(2)31-29-13)19-10-21-20-9-17(7-15-3-4-15)18(8-16-5-6-16)12-23(20)28-25(21)22(11-19)26(27)30/h9-12,15-16,28H,3-8H2,1-2H3,(H2,27,30). The minimum atomic E-state index is -0.429. The van der Waals surface area contributed by atoms with Crippen LogP contribution >= 0.6 is 0 Å². The number of rotatable bonds is 6. The largest absolute Gasteiger partial charge is 0.366 e. The lowest BCUT2D eigenvalue weighted by Gasteiger charge is -2.10. The van der Waals surface area contributed by atoms with Gasteiger partial charge in [-0.25, -0.2) is 0 Å². The third-order valence-corrected chi connectivity index (χ3v) is 7.03. The molecule has 31 heavy (non-hydrogen) atoms. The second-order valence-corrected chi connectivity index (χ2v) is 9.60. The quantitative estimate of drug-likeness (QED) is 0.432. The van der Waals surface area contributed by atoms with Crippen molar-refractivity contribution in [2.24, 2.45) is 17.6 Å². The van der Waals surface area contributed by atoms with Crippen LogP contribution < -0.4 is 5.73 Å². The predicted octanol–water partition coefficient (Wildman–Crippen LogP) is 5.60. The van der Waals surface area contributed by atoms with Crippen molar-refractivity contribution in [1.82, 2.24) is 10.1 Å². The smallest absolute Gasteiger partial charge is 0.250 e. The fourth-order valence-electron chi connectivity index (χ4n) is 5.02. The molecule has 2 aromatic carbocycles. The van der Waals surface area contributed by atoms with Gasteiger partial charge in [-0.05, 0) is 105 Å². The molecule has 5 heteroatoms. The van der Waals surface area contributed by atoms with Gasteiger partial charge in [0.2, 0.25) is 0 Å². The predicted molar refractivity (Wildman–Crippen MR) is 122 cm³/mol. The van der Waals surface area contributed by atoms with E-state index in [2.05, 4.69) is 28.3 Å². The van der Waals surface area contributed by atoms with Crippen LogP contribution in [0.2, 0.25) is 0 Å². The van der Waals surface area contributed by atoms with Crippen LogP contribution in [0.4, 0.5) is 0 Å². The molecule has 5 nitrogen and oxygen atoms in total. The Morgan fingerprint density at radius 1 is 1.03 bits per heavy atom. The number of hydrogen-bond acceptors (Lipinski definition) is 3. The lowest BCUT2D eigenvalue weighted by molar-refractivity contribution is 0.100. The number of aromatic nitrogens is 2. The van der Waals surface area contributed by atoms with Gasteiger partial charge in [-0.1, -0.05) is 5.16 Å². The summed E-state index contributed by atoms with van der Waals surface area (Å²) < 4.78 is 5.39. The minimum absolute atomic E-state index is 0.429. The van der Waals surface area contributed by atoms with Gasteiger partial charge in [-0.3, -0.25) is 4.79 Å². The molecule has 158 valence electrons. The highest BCUT2D eigenvalue weighted by Crippen LogP contribution is 2.41. The highest BCUT2D eigenvalue weighted by Gasteiger charge is 2.27. The molecule has 0 aliphatic heterocycles. The molecule has 2 aliphatic rings. The lowest BCUT2D eigenvalue weighted by atomic mass is 9.94. The van der Waals surface area contributed by atoms with Crippen LogP contribution in [0, 0.1) is 25.7 Å². The maximum Gasteiger partial charge on any atom is 0.250 e. The maximum absolute atomic E-state index is 12.4. The minimum Gasteiger partial charge on any atom is -0.366 e. The number of hydrogen-bond donors (Lipinski definition) is 2. The number of aryl methyl sites for hydroxylation is 2. The molecule has 6 rings (SSSR count). The maximum atomic E-state index is 12.4. The summed E-state index contributed by atoms with van der Waals surface area (Å²) in [5.41, 5.74) is 13.8. The summed E-state index contributed by atoms with van der Waals surface area (Å²) in [5, 5.41) is 6.30. The van der Waals surface area contributed by atoms with Crippen LogP contribution in [-0.4, -0.2) is 16.0 Å². The first kappa shape index (κ1) is 18.7. The summed E-state index contributed by atoms with van der Waals surface area (Å²) in [7, 11) is 0. The van der Waals surface area contributed by atoms with E-state index in [9.17, 15) is 4.79 Å². The van der Waals surface area contributed by atoms with Crippen LogP contribution in [0.25, 0.3) is 32.9 Å². The number of carbonyl (C=O) groups excluding carboxylic acids is 1. The first-order chi connectivity index (χ1) is 15.0. The van der Waals surface area contributed by atoms with E-state index < -0.39 is 5.91 Å². The monoisotopic (exact) mass is 413 g/mol. The van der Waals surface area contributed by atoms with Gasteiger partial charge in [0.05, 0.1) is 16.8 Å². The molecule has 2 saturated carbocycles. The Hall–Kier alpha value is -3.08. The number of nitrogens with zero attached hydrogens (tertiary/aromatic N) is 1. The topological polar surface area (TPSA) is 84.9 Å². The van der Waals surface area contributed by atoms with E-state index in [1.807, 2.05) is 19.9 Å². The first-order valence-corrected chi connectivity index (χ1v) is 11.3. The summed E-state index contributed by atoms with van der Waals surface area (Å²) in [4.78, 5) is 15.9. The molecule has 2 aromatic heterocycles. The van der Waals surface area contributed by atoms with Gasteiger partial charge >= 0.3 is 0 Å². The molecule has 4 aromatic rings. The van der Waals surface area contributed by atoms with Crippen molar-refractivity contribution in [2.45, 2.75) is 52.4 Å². The second-order valence-electron chi connectivity index (χ2n) is 9.60. The molecule has 0 atom stereocenters. The normalized spacial score (nSPS) is 16.5. The summed E-state index contributed by atoms with van der Waals surface area (Å²) in [6.07, 6.45) is 7.71. The van der Waals surface area contributed by atoms with Crippen molar-refractivity contribution >= 4 is 27.7 Å². The Labute approximate surface area is 181 Å². The van der Waals surface area contributed by atoms with Crippen LogP contribution in [0.15, 0.2) is 28.8 Å². The lowest BCUT2D eigenvalue weighted by Crippen LogP contribution is -2.11. The van der Waals surface area contributed by atoms with Crippen molar-refractivity contribution in [1.29, 1.82) is 0 Å². The van der Waals surface area contributed by atoms with E-state index in [0.29, 0.717) is 5.56 Å². The Morgan fingerprint density at radius 3 is 2.29 bits per heavy atom. The number of fused-ring (bicyclic) bond motifs is 3. The van der Waals surface area contributed by atoms with Gasteiger partial charge in [-0.15, -0.1) is 0 Å². The molecule has 0 saturated heterocycles. The van der Waals surface area contributed by atoms with Crippen LogP contribution in [0.5, 0.6) is 0 Å². The zero-order valence-electron chi connectivity index (χ0n) is 18.0. The highest BCUT2D eigenvalue weighted by atomic mass is 16.5. The third-order valence-electron chi connectivity index (χ3n) is 7.03. The molecule has 0 bridgehead atoms. The molecular weight excluding hydrogens is 386 g/mol. The molecule has 2 fully saturated rings. The second kappa shape index (κ2) is 6.71. The van der Waals surface area contributed by atoms with Crippen molar-refractivity contribution in [3.63, 3.8) is 0 Å². The Kier molecular flexibility index (Phi) is 4.04. The fourth-order valence-corrected chi connectivity index (χ4v) is 5.02. The van der Waals surface area contributed by atoms with E-state index in [-0.39, 0.29) is 0 Å². The number of benzene rings is 2. The molecule has 2 aliphatic carbocycles. The van der Waals surface area contributed by atoms with Crippen molar-refractivity contribution in [2.75, 3.05) is 0 Å². The van der Waals surface area contributed by atoms with Gasteiger partial charge in [0, 0.05) is 21.9 Å². The van der Waals surface area contributed by atoms with E-state index >= 15 is 0 Å². The van der Waals surface area contributed by atoms with E-state index in [1.165, 1.54) is 48.6 Å². The Balaban J connectivity index is 1.60. The Morgan fingerprint density at radius 2 is 1.71 bits per heavy atom. The number of H-pyrrole nitrogens is 1. The average molecular weight is 414 g/mol. The average Bonchev–Trinajstić information content (AvgIpc) is 3.65. The van der Waals surface area contributed by atoms with Gasteiger partial charge in [0.1, 0.15) is 5.76 Å². The number of nitrogens with one attached hydrogen (secondary N) is 1. The molecule has 0 spiro atoms. The van der Waals surface area contributed by atoms with Gasteiger partial charge in [0.15, 0.2) is 0 Å². The fraction of sp³-hybridized carbons (Fsp3) is 0.385. The third kappa shape index (κ3) is 3.23. The van der Waals surface area contributed by atoms with E-state index in [0.717, 1.165) is 57.3 Å². The van der Waals surface area contributed by atoms with E-state index in [4.69, 9.17) is 10.3 Å². The van der Waals surface area contributed by atoms with Gasteiger partial charge < -0.3 is 15.2 Å². The molecular formula is C26H27N3O2. The Bertz CT molecular complexity index is 1330.